The fourth-order valence-corrected chi connectivity index (χ4v) is 3.51. The second-order valence-electron chi connectivity index (χ2n) is 6.93. The molecule has 0 aromatic carbocycles. The van der Waals surface area contributed by atoms with Gasteiger partial charge in [-0.2, -0.15) is 0 Å². The fraction of sp³-hybridized carbons (Fsp3) is 0.867. The van der Waals surface area contributed by atoms with Crippen LogP contribution in [0.3, 0.4) is 0 Å². The zero-order valence-corrected chi connectivity index (χ0v) is 12.0. The lowest BCUT2D eigenvalue weighted by Gasteiger charge is -2.40. The van der Waals surface area contributed by atoms with Crippen molar-refractivity contribution >= 4 is 11.9 Å². The first-order chi connectivity index (χ1) is 8.89. The minimum absolute atomic E-state index is 0.0660. The lowest BCUT2D eigenvalue weighted by molar-refractivity contribution is -0.146. The van der Waals surface area contributed by atoms with E-state index < -0.39 is 5.97 Å². The number of amides is 1. The first kappa shape index (κ1) is 14.4. The van der Waals surface area contributed by atoms with E-state index >= 15 is 0 Å². The number of hydrogen-bond donors (Lipinski definition) is 1. The number of carboxylic acids is 1. The molecule has 2 aliphatic rings. The van der Waals surface area contributed by atoms with E-state index in [4.69, 9.17) is 5.11 Å². The van der Waals surface area contributed by atoms with Crippen LogP contribution in [0.5, 0.6) is 0 Å². The molecule has 1 saturated heterocycles. The maximum atomic E-state index is 12.5. The number of nitrogens with zero attached hydrogens (tertiary/aromatic N) is 1. The predicted molar refractivity (Wildman–Crippen MR) is 72.7 cm³/mol. The first-order valence-corrected chi connectivity index (χ1v) is 7.41. The standard InChI is InChI=1S/C15H25NO3/c1-15(2)7-4-8-16(10-15)13(17)11-5-3-6-12(9-11)14(18)19/h11-12H,3-10H2,1-2H3,(H,18,19). The zero-order chi connectivity index (χ0) is 14.0. The maximum Gasteiger partial charge on any atom is 0.306 e. The second-order valence-corrected chi connectivity index (χ2v) is 6.93. The molecular formula is C15H25NO3. The Hall–Kier alpha value is -1.06. The van der Waals surface area contributed by atoms with Crippen molar-refractivity contribution in [2.24, 2.45) is 17.3 Å². The molecule has 4 heteroatoms. The molecule has 1 amide bonds. The van der Waals surface area contributed by atoms with E-state index in [0.717, 1.165) is 38.8 Å². The monoisotopic (exact) mass is 267 g/mol. The number of likely N-dealkylation sites (tertiary alicyclic amines) is 1. The van der Waals surface area contributed by atoms with Crippen LogP contribution in [0.4, 0.5) is 0 Å². The van der Waals surface area contributed by atoms with E-state index in [9.17, 15) is 9.59 Å². The van der Waals surface area contributed by atoms with Crippen LogP contribution >= 0.6 is 0 Å². The van der Waals surface area contributed by atoms with Crippen LogP contribution in [0.25, 0.3) is 0 Å². The van der Waals surface area contributed by atoms with Crippen LogP contribution in [-0.4, -0.2) is 35.0 Å². The Morgan fingerprint density at radius 2 is 1.84 bits per heavy atom. The summed E-state index contributed by atoms with van der Waals surface area (Å²) < 4.78 is 0. The Bertz CT molecular complexity index is 364. The molecule has 1 aliphatic carbocycles. The summed E-state index contributed by atoms with van der Waals surface area (Å²) in [6.45, 7) is 6.07. The molecule has 0 aromatic rings. The van der Waals surface area contributed by atoms with Gasteiger partial charge in [-0.25, -0.2) is 0 Å². The SMILES string of the molecule is CC1(C)CCCN(C(=O)C2CCCC(C(=O)O)C2)C1. The summed E-state index contributed by atoms with van der Waals surface area (Å²) in [7, 11) is 0. The van der Waals surface area contributed by atoms with Gasteiger partial charge in [0, 0.05) is 19.0 Å². The third kappa shape index (κ3) is 3.48. The van der Waals surface area contributed by atoms with E-state index in [1.54, 1.807) is 0 Å². The molecule has 2 unspecified atom stereocenters. The number of piperidine rings is 1. The van der Waals surface area contributed by atoms with Gasteiger partial charge in [0.1, 0.15) is 0 Å². The lowest BCUT2D eigenvalue weighted by Crippen LogP contribution is -2.47. The molecule has 108 valence electrons. The number of hydrogen-bond acceptors (Lipinski definition) is 2. The first-order valence-electron chi connectivity index (χ1n) is 7.41. The molecule has 2 atom stereocenters. The van der Waals surface area contributed by atoms with Gasteiger partial charge in [0.2, 0.25) is 5.91 Å². The zero-order valence-electron chi connectivity index (χ0n) is 12.0. The highest BCUT2D eigenvalue weighted by atomic mass is 16.4. The largest absolute Gasteiger partial charge is 0.481 e. The molecule has 2 rings (SSSR count). The number of aliphatic carboxylic acids is 1. The van der Waals surface area contributed by atoms with Crippen molar-refractivity contribution in [2.75, 3.05) is 13.1 Å². The van der Waals surface area contributed by atoms with Crippen LogP contribution in [0.2, 0.25) is 0 Å². The Kier molecular flexibility index (Phi) is 4.16. The van der Waals surface area contributed by atoms with Crippen molar-refractivity contribution in [3.8, 4) is 0 Å². The van der Waals surface area contributed by atoms with Crippen LogP contribution in [0.1, 0.15) is 52.4 Å². The van der Waals surface area contributed by atoms with Crippen molar-refractivity contribution in [2.45, 2.75) is 52.4 Å². The maximum absolute atomic E-state index is 12.5. The molecule has 0 aromatic heterocycles. The average molecular weight is 267 g/mol. The summed E-state index contributed by atoms with van der Waals surface area (Å²) in [6, 6.07) is 0. The van der Waals surface area contributed by atoms with Crippen LogP contribution < -0.4 is 0 Å². The normalized spacial score (nSPS) is 30.9. The second kappa shape index (κ2) is 5.51. The Balaban J connectivity index is 1.97. The van der Waals surface area contributed by atoms with Crippen molar-refractivity contribution in [1.82, 2.24) is 4.90 Å². The van der Waals surface area contributed by atoms with E-state index in [1.807, 2.05) is 4.90 Å². The molecule has 1 saturated carbocycles. The van der Waals surface area contributed by atoms with Gasteiger partial charge < -0.3 is 10.0 Å². The minimum atomic E-state index is -0.739. The highest BCUT2D eigenvalue weighted by molar-refractivity contribution is 5.80. The van der Waals surface area contributed by atoms with Gasteiger partial charge >= 0.3 is 5.97 Å². The van der Waals surface area contributed by atoms with Gasteiger partial charge in [0.05, 0.1) is 5.92 Å². The third-order valence-electron chi connectivity index (χ3n) is 4.58. The van der Waals surface area contributed by atoms with Crippen LogP contribution in [0, 0.1) is 17.3 Å². The third-order valence-corrected chi connectivity index (χ3v) is 4.58. The molecule has 2 fully saturated rings. The molecular weight excluding hydrogens is 242 g/mol. The fourth-order valence-electron chi connectivity index (χ4n) is 3.51. The van der Waals surface area contributed by atoms with E-state index in [2.05, 4.69) is 13.8 Å². The van der Waals surface area contributed by atoms with E-state index in [-0.39, 0.29) is 23.2 Å². The number of carbonyl (C=O) groups is 2. The number of carboxylic acid groups (broad SMARTS) is 1. The average Bonchev–Trinajstić information content (AvgIpc) is 2.37. The summed E-state index contributed by atoms with van der Waals surface area (Å²) in [4.78, 5) is 25.6. The summed E-state index contributed by atoms with van der Waals surface area (Å²) in [5, 5.41) is 9.11. The number of carbonyl (C=O) groups excluding carboxylic acids is 1. The Morgan fingerprint density at radius 1 is 1.16 bits per heavy atom. The number of rotatable bonds is 2. The van der Waals surface area contributed by atoms with Gasteiger partial charge in [-0.15, -0.1) is 0 Å². The summed E-state index contributed by atoms with van der Waals surface area (Å²) >= 11 is 0. The van der Waals surface area contributed by atoms with E-state index in [0.29, 0.717) is 6.42 Å². The Morgan fingerprint density at radius 3 is 2.47 bits per heavy atom. The van der Waals surface area contributed by atoms with Crippen molar-refractivity contribution in [3.05, 3.63) is 0 Å². The molecule has 0 radical (unpaired) electrons. The molecule has 1 aliphatic heterocycles. The summed E-state index contributed by atoms with van der Waals surface area (Å²) in [5.74, 6) is -0.931. The van der Waals surface area contributed by atoms with Crippen LogP contribution in [-0.2, 0) is 9.59 Å². The van der Waals surface area contributed by atoms with Gasteiger partial charge in [-0.1, -0.05) is 20.3 Å². The van der Waals surface area contributed by atoms with Gasteiger partial charge in [0.15, 0.2) is 0 Å². The molecule has 1 heterocycles. The minimum Gasteiger partial charge on any atom is -0.481 e. The van der Waals surface area contributed by atoms with Gasteiger partial charge in [-0.3, -0.25) is 9.59 Å². The Labute approximate surface area is 115 Å². The van der Waals surface area contributed by atoms with Gasteiger partial charge in [-0.05, 0) is 37.5 Å². The molecule has 19 heavy (non-hydrogen) atoms. The van der Waals surface area contributed by atoms with Crippen molar-refractivity contribution < 1.29 is 14.7 Å². The highest BCUT2D eigenvalue weighted by Crippen LogP contribution is 2.34. The van der Waals surface area contributed by atoms with E-state index in [1.165, 1.54) is 6.42 Å². The molecule has 4 nitrogen and oxygen atoms in total. The van der Waals surface area contributed by atoms with Crippen molar-refractivity contribution in [3.63, 3.8) is 0 Å². The topological polar surface area (TPSA) is 57.6 Å². The van der Waals surface area contributed by atoms with Gasteiger partial charge in [0.25, 0.3) is 0 Å². The quantitative estimate of drug-likeness (QED) is 0.836. The van der Waals surface area contributed by atoms with Crippen LogP contribution in [0.15, 0.2) is 0 Å². The highest BCUT2D eigenvalue weighted by Gasteiger charge is 2.36. The summed E-state index contributed by atoms with van der Waals surface area (Å²) in [5.41, 5.74) is 0.203. The summed E-state index contributed by atoms with van der Waals surface area (Å²) in [6.07, 6.45) is 5.22. The molecule has 1 N–H and O–H groups in total. The smallest absolute Gasteiger partial charge is 0.306 e. The molecule has 0 bridgehead atoms. The predicted octanol–water partition coefficient (Wildman–Crippen LogP) is 2.53. The lowest BCUT2D eigenvalue weighted by atomic mass is 9.79. The van der Waals surface area contributed by atoms with Crippen molar-refractivity contribution in [1.29, 1.82) is 0 Å². The molecule has 0 spiro atoms.